The third-order valence-electron chi connectivity index (χ3n) is 10.8. The van der Waals surface area contributed by atoms with Crippen LogP contribution in [0.4, 0.5) is 0 Å². The van der Waals surface area contributed by atoms with Gasteiger partial charge in [-0.1, -0.05) is 216 Å². The van der Waals surface area contributed by atoms with Gasteiger partial charge in [0, 0.05) is 19.3 Å². The average Bonchev–Trinajstić information content (AvgIpc) is 3.24. The van der Waals surface area contributed by atoms with Crippen molar-refractivity contribution in [2.45, 2.75) is 252 Å². The normalized spacial score (nSPS) is 12.5. The highest BCUT2D eigenvalue weighted by molar-refractivity contribution is 5.71. The molecule has 60 heavy (non-hydrogen) atoms. The molecule has 0 saturated carbocycles. The van der Waals surface area contributed by atoms with Crippen LogP contribution < -0.4 is 0 Å². The van der Waals surface area contributed by atoms with Crippen LogP contribution in [-0.2, 0) is 28.6 Å². The van der Waals surface area contributed by atoms with E-state index in [4.69, 9.17) is 14.2 Å². The topological polar surface area (TPSA) is 78.9 Å². The summed E-state index contributed by atoms with van der Waals surface area (Å²) in [6.45, 7) is 6.40. The fourth-order valence-electron chi connectivity index (χ4n) is 6.98. The minimum Gasteiger partial charge on any atom is -0.462 e. The van der Waals surface area contributed by atoms with Crippen LogP contribution in [0.1, 0.15) is 245 Å². The molecule has 0 aromatic heterocycles. The van der Waals surface area contributed by atoms with Gasteiger partial charge in [0.25, 0.3) is 0 Å². The van der Waals surface area contributed by atoms with Crippen molar-refractivity contribution in [1.29, 1.82) is 0 Å². The van der Waals surface area contributed by atoms with E-state index in [0.29, 0.717) is 19.3 Å². The second-order valence-electron chi connectivity index (χ2n) is 16.7. The van der Waals surface area contributed by atoms with E-state index in [2.05, 4.69) is 69.4 Å². The van der Waals surface area contributed by atoms with E-state index in [1.807, 2.05) is 12.2 Å². The Morgan fingerprint density at radius 3 is 1.08 bits per heavy atom. The number of allylic oxidation sites excluding steroid dienone is 10. The van der Waals surface area contributed by atoms with Gasteiger partial charge < -0.3 is 14.2 Å². The first-order valence-corrected chi connectivity index (χ1v) is 25.3. The maximum absolute atomic E-state index is 12.7. The third-order valence-corrected chi connectivity index (χ3v) is 10.8. The lowest BCUT2D eigenvalue weighted by molar-refractivity contribution is -0.166. The highest BCUT2D eigenvalue weighted by atomic mass is 16.6. The van der Waals surface area contributed by atoms with Crippen molar-refractivity contribution in [1.82, 2.24) is 0 Å². The highest BCUT2D eigenvalue weighted by Gasteiger charge is 2.19. The van der Waals surface area contributed by atoms with E-state index in [9.17, 15) is 14.4 Å². The molecule has 0 saturated heterocycles. The quantitative estimate of drug-likeness (QED) is 0.0263. The molecule has 0 rings (SSSR count). The zero-order valence-corrected chi connectivity index (χ0v) is 39.5. The van der Waals surface area contributed by atoms with Gasteiger partial charge in [-0.25, -0.2) is 0 Å². The van der Waals surface area contributed by atoms with Crippen molar-refractivity contribution < 1.29 is 28.6 Å². The molecule has 0 heterocycles. The molecule has 0 fully saturated rings. The lowest BCUT2D eigenvalue weighted by Crippen LogP contribution is -2.30. The van der Waals surface area contributed by atoms with Gasteiger partial charge in [-0.2, -0.15) is 0 Å². The third kappa shape index (κ3) is 46.2. The lowest BCUT2D eigenvalue weighted by atomic mass is 10.0. The predicted octanol–water partition coefficient (Wildman–Crippen LogP) is 16.5. The van der Waals surface area contributed by atoms with E-state index in [0.717, 1.165) is 64.2 Å². The van der Waals surface area contributed by atoms with E-state index in [-0.39, 0.29) is 31.6 Å². The van der Waals surface area contributed by atoms with Crippen LogP contribution >= 0.6 is 0 Å². The van der Waals surface area contributed by atoms with Crippen molar-refractivity contribution in [2.24, 2.45) is 0 Å². The smallest absolute Gasteiger partial charge is 0.306 e. The van der Waals surface area contributed by atoms with E-state index >= 15 is 0 Å². The standard InChI is InChI=1S/C54H94O6/c1-4-7-10-13-16-18-20-22-23-24-25-26-27-28-29-30-31-33-34-36-38-41-44-47-53(56)59-50-51(49-58-52(55)46-43-40-15-12-9-6-3)60-54(57)48-45-42-39-37-35-32-21-19-17-14-11-8-5-2/h8,11,17,19,24-25,32,35,39,42,51H,4-7,9-10,12-16,18,20-23,26-31,33-34,36-38,40-41,43-50H2,1-3H3/b11-8-,19-17-,25-24-,35-32-,42-39-. The van der Waals surface area contributed by atoms with E-state index in [1.54, 1.807) is 0 Å². The number of rotatable bonds is 45. The Labute approximate surface area is 370 Å². The predicted molar refractivity (Wildman–Crippen MR) is 256 cm³/mol. The van der Waals surface area contributed by atoms with Crippen molar-refractivity contribution in [3.63, 3.8) is 0 Å². The zero-order chi connectivity index (χ0) is 43.7. The molecule has 6 nitrogen and oxygen atoms in total. The first-order valence-electron chi connectivity index (χ1n) is 25.3. The monoisotopic (exact) mass is 839 g/mol. The SMILES string of the molecule is CC/C=C\C/C=C\C/C=C\C/C=C\CCC(=O)OC(COC(=O)CCCCCCCC)COC(=O)CCCCCCCCCCCCC/C=C\CCCCCCCCCC. The number of hydrogen-bond donors (Lipinski definition) is 0. The average molecular weight is 839 g/mol. The van der Waals surface area contributed by atoms with E-state index < -0.39 is 12.1 Å². The molecular weight excluding hydrogens is 745 g/mol. The Morgan fingerprint density at radius 2 is 0.683 bits per heavy atom. The Balaban J connectivity index is 4.18. The molecule has 0 aromatic carbocycles. The van der Waals surface area contributed by atoms with Crippen LogP contribution in [0, 0.1) is 0 Å². The van der Waals surface area contributed by atoms with Crippen LogP contribution in [-0.4, -0.2) is 37.2 Å². The second-order valence-corrected chi connectivity index (χ2v) is 16.7. The number of ether oxygens (including phenoxy) is 3. The summed E-state index contributed by atoms with van der Waals surface area (Å²) < 4.78 is 16.6. The Hall–Kier alpha value is -2.89. The van der Waals surface area contributed by atoms with Gasteiger partial charge in [0.15, 0.2) is 6.10 Å². The Bertz CT molecular complexity index is 1100. The van der Waals surface area contributed by atoms with Gasteiger partial charge in [0.05, 0.1) is 0 Å². The minimum atomic E-state index is -0.807. The first kappa shape index (κ1) is 57.1. The molecule has 0 spiro atoms. The fraction of sp³-hybridized carbons (Fsp3) is 0.759. The summed E-state index contributed by atoms with van der Waals surface area (Å²) in [5.41, 5.74) is 0. The molecule has 6 heteroatoms. The summed E-state index contributed by atoms with van der Waals surface area (Å²) in [6, 6.07) is 0. The molecule has 346 valence electrons. The molecule has 1 unspecified atom stereocenters. The van der Waals surface area contributed by atoms with Crippen molar-refractivity contribution in [3.8, 4) is 0 Å². The van der Waals surface area contributed by atoms with Gasteiger partial charge in [0.2, 0.25) is 0 Å². The molecule has 0 aliphatic rings. The summed E-state index contributed by atoms with van der Waals surface area (Å²) in [6.07, 6.45) is 59.7. The number of esters is 3. The minimum absolute atomic E-state index is 0.102. The molecule has 1 atom stereocenters. The molecule has 0 amide bonds. The van der Waals surface area contributed by atoms with Crippen molar-refractivity contribution >= 4 is 17.9 Å². The van der Waals surface area contributed by atoms with Gasteiger partial charge in [-0.15, -0.1) is 0 Å². The van der Waals surface area contributed by atoms with Crippen LogP contribution in [0.3, 0.4) is 0 Å². The number of carbonyl (C=O) groups excluding carboxylic acids is 3. The Morgan fingerprint density at radius 1 is 0.350 bits per heavy atom. The van der Waals surface area contributed by atoms with Crippen LogP contribution in [0.5, 0.6) is 0 Å². The number of unbranched alkanes of at least 4 members (excludes halogenated alkanes) is 24. The number of hydrogen-bond acceptors (Lipinski definition) is 6. The van der Waals surface area contributed by atoms with E-state index in [1.165, 1.54) is 135 Å². The first-order chi connectivity index (χ1) is 29.5. The van der Waals surface area contributed by atoms with Crippen LogP contribution in [0.2, 0.25) is 0 Å². The fourth-order valence-corrected chi connectivity index (χ4v) is 6.98. The summed E-state index contributed by atoms with van der Waals surface area (Å²) in [5.74, 6) is -0.994. The second kappa shape index (κ2) is 48.8. The summed E-state index contributed by atoms with van der Waals surface area (Å²) in [7, 11) is 0. The Kier molecular flexibility index (Phi) is 46.4. The molecule has 0 aliphatic heterocycles. The number of carbonyl (C=O) groups is 3. The maximum Gasteiger partial charge on any atom is 0.306 e. The largest absolute Gasteiger partial charge is 0.462 e. The van der Waals surface area contributed by atoms with Gasteiger partial charge in [0.1, 0.15) is 13.2 Å². The molecule has 0 bridgehead atoms. The zero-order valence-electron chi connectivity index (χ0n) is 39.5. The summed E-state index contributed by atoms with van der Waals surface area (Å²) >= 11 is 0. The summed E-state index contributed by atoms with van der Waals surface area (Å²) in [5, 5.41) is 0. The van der Waals surface area contributed by atoms with Crippen LogP contribution in [0.15, 0.2) is 60.8 Å². The highest BCUT2D eigenvalue weighted by Crippen LogP contribution is 2.15. The molecular formula is C54H94O6. The van der Waals surface area contributed by atoms with Crippen molar-refractivity contribution in [3.05, 3.63) is 60.8 Å². The van der Waals surface area contributed by atoms with Gasteiger partial charge in [-0.3, -0.25) is 14.4 Å². The molecule has 0 aliphatic carbocycles. The molecule has 0 aromatic rings. The van der Waals surface area contributed by atoms with Gasteiger partial charge >= 0.3 is 17.9 Å². The van der Waals surface area contributed by atoms with Crippen molar-refractivity contribution in [2.75, 3.05) is 13.2 Å². The van der Waals surface area contributed by atoms with Gasteiger partial charge in [-0.05, 0) is 70.6 Å². The van der Waals surface area contributed by atoms with Crippen LogP contribution in [0.25, 0.3) is 0 Å². The molecule has 0 radical (unpaired) electrons. The molecule has 0 N–H and O–H groups in total. The lowest BCUT2D eigenvalue weighted by Gasteiger charge is -2.18. The maximum atomic E-state index is 12.7. The summed E-state index contributed by atoms with van der Waals surface area (Å²) in [4.78, 5) is 37.6.